The molecule has 1 aliphatic rings. The topological polar surface area (TPSA) is 87.0 Å². The van der Waals surface area contributed by atoms with Gasteiger partial charge in [0, 0.05) is 18.0 Å². The predicted octanol–water partition coefficient (Wildman–Crippen LogP) is -0.0213. The van der Waals surface area contributed by atoms with E-state index in [2.05, 4.69) is 9.97 Å². The summed E-state index contributed by atoms with van der Waals surface area (Å²) in [4.78, 5) is 8.55. The second-order valence-corrected chi connectivity index (χ2v) is 3.62. The van der Waals surface area contributed by atoms with Gasteiger partial charge in [-0.3, -0.25) is 0 Å². The van der Waals surface area contributed by atoms with Crippen LogP contribution in [0.3, 0.4) is 0 Å². The van der Waals surface area contributed by atoms with Crippen LogP contribution in [0.25, 0.3) is 0 Å². The van der Waals surface area contributed by atoms with Gasteiger partial charge < -0.3 is 16.2 Å². The molecule has 1 aliphatic heterocycles. The minimum absolute atomic E-state index is 0.0507. The Labute approximate surface area is 82.5 Å². The van der Waals surface area contributed by atoms with E-state index in [0.717, 1.165) is 11.3 Å². The van der Waals surface area contributed by atoms with Crippen molar-refractivity contribution in [2.75, 3.05) is 5.73 Å². The fourth-order valence-corrected chi connectivity index (χ4v) is 1.51. The first-order valence-corrected chi connectivity index (χ1v) is 4.64. The molecular weight excluding hydrogens is 180 g/mol. The third-order valence-electron chi connectivity index (χ3n) is 2.16. The molecular formula is C9H14N4O. The molecule has 0 amide bonds. The van der Waals surface area contributed by atoms with Crippen LogP contribution in [0.15, 0.2) is 0 Å². The summed E-state index contributed by atoms with van der Waals surface area (Å²) >= 11 is 0. The van der Waals surface area contributed by atoms with Crippen LogP contribution in [0.4, 0.5) is 5.82 Å². The van der Waals surface area contributed by atoms with Gasteiger partial charge in [0.2, 0.25) is 0 Å². The van der Waals surface area contributed by atoms with E-state index < -0.39 is 0 Å². The average Bonchev–Trinajstić information content (AvgIpc) is 2.50. The molecule has 14 heavy (non-hydrogen) atoms. The monoisotopic (exact) mass is 194 g/mol. The summed E-state index contributed by atoms with van der Waals surface area (Å²) in [6, 6.07) is 0.0507. The standard InChI is InChI=1S/C9H14N4O/c1-5(10)2-8-12-7-4-14-3-6(7)9(11)13-8/h5H,2-4,10H2,1H3,(H2,11,12,13). The molecule has 0 fully saturated rings. The van der Waals surface area contributed by atoms with Crippen molar-refractivity contribution >= 4 is 5.82 Å². The average molecular weight is 194 g/mol. The minimum atomic E-state index is 0.0507. The summed E-state index contributed by atoms with van der Waals surface area (Å²) in [7, 11) is 0. The molecule has 0 aromatic carbocycles. The molecule has 0 bridgehead atoms. The van der Waals surface area contributed by atoms with Crippen LogP contribution in [-0.2, 0) is 24.4 Å². The summed E-state index contributed by atoms with van der Waals surface area (Å²) in [6.07, 6.45) is 0.650. The fourth-order valence-electron chi connectivity index (χ4n) is 1.51. The van der Waals surface area contributed by atoms with Crippen LogP contribution in [0, 0.1) is 0 Å². The van der Waals surface area contributed by atoms with E-state index in [9.17, 15) is 0 Å². The zero-order valence-electron chi connectivity index (χ0n) is 8.16. The highest BCUT2D eigenvalue weighted by molar-refractivity contribution is 5.43. The van der Waals surface area contributed by atoms with Crippen LogP contribution < -0.4 is 11.5 Å². The molecule has 0 aliphatic carbocycles. The molecule has 1 atom stereocenters. The lowest BCUT2D eigenvalue weighted by Gasteiger charge is -2.07. The predicted molar refractivity (Wildman–Crippen MR) is 52.3 cm³/mol. The van der Waals surface area contributed by atoms with E-state index in [1.54, 1.807) is 0 Å². The van der Waals surface area contributed by atoms with Crippen molar-refractivity contribution in [3.05, 3.63) is 17.1 Å². The van der Waals surface area contributed by atoms with Crippen molar-refractivity contribution in [1.82, 2.24) is 9.97 Å². The Balaban J connectivity index is 2.32. The maximum Gasteiger partial charge on any atom is 0.133 e. The number of ether oxygens (including phenoxy) is 1. The molecule has 1 aromatic rings. The number of aromatic nitrogens is 2. The van der Waals surface area contributed by atoms with Crippen molar-refractivity contribution in [1.29, 1.82) is 0 Å². The maximum absolute atomic E-state index is 5.78. The van der Waals surface area contributed by atoms with Crippen molar-refractivity contribution in [2.24, 2.45) is 5.73 Å². The van der Waals surface area contributed by atoms with Gasteiger partial charge >= 0.3 is 0 Å². The molecule has 1 aromatic heterocycles. The first-order valence-electron chi connectivity index (χ1n) is 4.64. The zero-order valence-corrected chi connectivity index (χ0v) is 8.16. The minimum Gasteiger partial charge on any atom is -0.383 e. The van der Waals surface area contributed by atoms with Gasteiger partial charge in [-0.15, -0.1) is 0 Å². The Hall–Kier alpha value is -1.20. The fraction of sp³-hybridized carbons (Fsp3) is 0.556. The van der Waals surface area contributed by atoms with E-state index in [1.807, 2.05) is 6.92 Å². The van der Waals surface area contributed by atoms with Crippen LogP contribution in [-0.4, -0.2) is 16.0 Å². The van der Waals surface area contributed by atoms with Gasteiger partial charge in [-0.2, -0.15) is 0 Å². The van der Waals surface area contributed by atoms with Gasteiger partial charge in [-0.25, -0.2) is 9.97 Å². The van der Waals surface area contributed by atoms with Crippen LogP contribution in [0.5, 0.6) is 0 Å². The van der Waals surface area contributed by atoms with E-state index in [-0.39, 0.29) is 6.04 Å². The molecule has 0 spiro atoms. The lowest BCUT2D eigenvalue weighted by molar-refractivity contribution is 0.133. The maximum atomic E-state index is 5.78. The molecule has 5 heteroatoms. The summed E-state index contributed by atoms with van der Waals surface area (Å²) in [5, 5.41) is 0. The Bertz CT molecular complexity index is 351. The van der Waals surface area contributed by atoms with Gasteiger partial charge in [0.1, 0.15) is 11.6 Å². The van der Waals surface area contributed by atoms with E-state index in [1.165, 1.54) is 0 Å². The van der Waals surface area contributed by atoms with E-state index in [0.29, 0.717) is 31.3 Å². The molecule has 5 nitrogen and oxygen atoms in total. The first kappa shape index (κ1) is 9.36. The number of anilines is 1. The molecule has 0 radical (unpaired) electrons. The number of nitrogen functional groups attached to an aromatic ring is 1. The Kier molecular flexibility index (Phi) is 2.35. The first-order chi connectivity index (χ1) is 6.66. The molecule has 1 unspecified atom stereocenters. The molecule has 76 valence electrons. The van der Waals surface area contributed by atoms with Gasteiger partial charge in [0.05, 0.1) is 18.9 Å². The number of fused-ring (bicyclic) bond motifs is 1. The molecule has 0 saturated carbocycles. The highest BCUT2D eigenvalue weighted by atomic mass is 16.5. The van der Waals surface area contributed by atoms with E-state index in [4.69, 9.17) is 16.2 Å². The number of rotatable bonds is 2. The van der Waals surface area contributed by atoms with Crippen molar-refractivity contribution in [3.63, 3.8) is 0 Å². The third-order valence-corrected chi connectivity index (χ3v) is 2.16. The Morgan fingerprint density at radius 3 is 2.93 bits per heavy atom. The van der Waals surface area contributed by atoms with Crippen LogP contribution in [0.1, 0.15) is 24.0 Å². The summed E-state index contributed by atoms with van der Waals surface area (Å²) in [5.74, 6) is 1.24. The summed E-state index contributed by atoms with van der Waals surface area (Å²) in [5.41, 5.74) is 13.3. The van der Waals surface area contributed by atoms with Gasteiger partial charge in [-0.05, 0) is 6.92 Å². The zero-order chi connectivity index (χ0) is 10.1. The number of hydrogen-bond acceptors (Lipinski definition) is 5. The SMILES string of the molecule is CC(N)Cc1nc(N)c2c(n1)COC2. The number of hydrogen-bond donors (Lipinski definition) is 2. The number of nitrogens with zero attached hydrogens (tertiary/aromatic N) is 2. The van der Waals surface area contributed by atoms with Gasteiger partial charge in [-0.1, -0.05) is 0 Å². The highest BCUT2D eigenvalue weighted by Gasteiger charge is 2.18. The lowest BCUT2D eigenvalue weighted by Crippen LogP contribution is -2.20. The second kappa shape index (κ2) is 3.51. The largest absolute Gasteiger partial charge is 0.383 e. The number of nitrogens with two attached hydrogens (primary N) is 2. The highest BCUT2D eigenvalue weighted by Crippen LogP contribution is 2.22. The quantitative estimate of drug-likeness (QED) is 0.690. The van der Waals surface area contributed by atoms with Crippen molar-refractivity contribution in [3.8, 4) is 0 Å². The molecule has 0 saturated heterocycles. The van der Waals surface area contributed by atoms with Crippen molar-refractivity contribution in [2.45, 2.75) is 32.6 Å². The second-order valence-electron chi connectivity index (χ2n) is 3.62. The lowest BCUT2D eigenvalue weighted by atomic mass is 10.2. The van der Waals surface area contributed by atoms with Crippen LogP contribution >= 0.6 is 0 Å². The smallest absolute Gasteiger partial charge is 0.133 e. The van der Waals surface area contributed by atoms with Crippen molar-refractivity contribution < 1.29 is 4.74 Å². The molecule has 2 rings (SSSR count). The third kappa shape index (κ3) is 1.69. The summed E-state index contributed by atoms with van der Waals surface area (Å²) < 4.78 is 5.24. The normalized spacial score (nSPS) is 16.7. The molecule has 2 heterocycles. The summed E-state index contributed by atoms with van der Waals surface area (Å²) in [6.45, 7) is 2.98. The van der Waals surface area contributed by atoms with E-state index >= 15 is 0 Å². The molecule has 4 N–H and O–H groups in total. The van der Waals surface area contributed by atoms with Gasteiger partial charge in [0.25, 0.3) is 0 Å². The Morgan fingerprint density at radius 2 is 2.21 bits per heavy atom. The Morgan fingerprint density at radius 1 is 1.43 bits per heavy atom. The van der Waals surface area contributed by atoms with Gasteiger partial charge in [0.15, 0.2) is 0 Å². The van der Waals surface area contributed by atoms with Crippen LogP contribution in [0.2, 0.25) is 0 Å².